The van der Waals surface area contributed by atoms with Crippen molar-refractivity contribution >= 4 is 81.3 Å². The van der Waals surface area contributed by atoms with Gasteiger partial charge in [0.25, 0.3) is 0 Å². The molecule has 9 rings (SSSR count). The van der Waals surface area contributed by atoms with Gasteiger partial charge in [0.1, 0.15) is 11.2 Å². The van der Waals surface area contributed by atoms with Gasteiger partial charge in [0.15, 0.2) is 0 Å². The van der Waals surface area contributed by atoms with Gasteiger partial charge in [-0.2, -0.15) is 0 Å². The molecule has 0 N–H and O–H groups in total. The molecule has 0 spiro atoms. The maximum absolute atomic E-state index is 6.12. The third-order valence-corrected chi connectivity index (χ3v) is 9.66. The number of nitrogens with zero attached hydrogens (tertiary/aromatic N) is 1. The van der Waals surface area contributed by atoms with E-state index in [0.29, 0.717) is 0 Å². The van der Waals surface area contributed by atoms with Gasteiger partial charge >= 0.3 is 0 Å². The number of furan rings is 1. The van der Waals surface area contributed by atoms with Crippen molar-refractivity contribution in [2.75, 3.05) is 4.90 Å². The number of para-hydroxylation sites is 2. The minimum atomic E-state index is 0.901. The summed E-state index contributed by atoms with van der Waals surface area (Å²) in [6, 6.07) is 54.2. The number of anilines is 3. The zero-order chi connectivity index (χ0) is 28.3. The Bertz CT molecular complexity index is 2450. The zero-order valence-electron chi connectivity index (χ0n) is 23.2. The molecular weight excluding hydrogens is 543 g/mol. The molecule has 202 valence electrons. The van der Waals surface area contributed by atoms with Crippen molar-refractivity contribution in [3.63, 3.8) is 0 Å². The molecule has 0 aliphatic rings. The SMILES string of the molecule is c1ccc(N(c2ccc(-c3ccc4c(c3)sc3c5ccccc5ccc43)cc2)c2ccc3oc4ccccc4c3c2)cc1. The highest BCUT2D eigenvalue weighted by Gasteiger charge is 2.16. The largest absolute Gasteiger partial charge is 0.456 e. The Balaban J connectivity index is 1.13. The Morgan fingerprint density at radius 3 is 1.98 bits per heavy atom. The lowest BCUT2D eigenvalue weighted by Crippen LogP contribution is -2.09. The van der Waals surface area contributed by atoms with E-state index in [2.05, 4.69) is 144 Å². The number of fused-ring (bicyclic) bond motifs is 8. The molecule has 0 unspecified atom stereocenters. The van der Waals surface area contributed by atoms with E-state index in [4.69, 9.17) is 4.42 Å². The lowest BCUT2D eigenvalue weighted by molar-refractivity contribution is 0.669. The molecule has 2 nitrogen and oxygen atoms in total. The lowest BCUT2D eigenvalue weighted by atomic mass is 10.0. The van der Waals surface area contributed by atoms with E-state index in [1.165, 1.54) is 42.1 Å². The van der Waals surface area contributed by atoms with Crippen molar-refractivity contribution < 1.29 is 4.42 Å². The Labute approximate surface area is 252 Å². The Kier molecular flexibility index (Phi) is 5.40. The molecule has 0 bridgehead atoms. The third kappa shape index (κ3) is 3.93. The standard InChI is InChI=1S/C40H25NOS/c1-2-9-29(10-3-1)41(31-20-23-38-36(25-31)33-12-6-7-13-37(33)42-38)30-18-14-26(15-19-30)28-17-21-34-35-22-16-27-8-4-5-11-32(27)40(35)43-39(34)24-28/h1-25H. The summed E-state index contributed by atoms with van der Waals surface area (Å²) >= 11 is 1.89. The number of rotatable bonds is 4. The van der Waals surface area contributed by atoms with Crippen molar-refractivity contribution in [3.05, 3.63) is 152 Å². The van der Waals surface area contributed by atoms with Crippen LogP contribution in [0.25, 0.3) is 64.0 Å². The highest BCUT2D eigenvalue weighted by molar-refractivity contribution is 7.26. The fourth-order valence-corrected chi connectivity index (χ4v) is 7.64. The Morgan fingerprint density at radius 2 is 1.09 bits per heavy atom. The molecule has 0 aliphatic heterocycles. The van der Waals surface area contributed by atoms with Crippen LogP contribution in [0, 0.1) is 0 Å². The van der Waals surface area contributed by atoms with E-state index < -0.39 is 0 Å². The van der Waals surface area contributed by atoms with Crippen LogP contribution in [0.5, 0.6) is 0 Å². The minimum Gasteiger partial charge on any atom is -0.456 e. The molecule has 0 fully saturated rings. The first-order valence-corrected chi connectivity index (χ1v) is 15.3. The molecule has 7 aromatic carbocycles. The summed E-state index contributed by atoms with van der Waals surface area (Å²) in [6.45, 7) is 0. The molecule has 3 heteroatoms. The van der Waals surface area contributed by atoms with E-state index in [-0.39, 0.29) is 0 Å². The van der Waals surface area contributed by atoms with E-state index >= 15 is 0 Å². The van der Waals surface area contributed by atoms with Crippen LogP contribution in [-0.4, -0.2) is 0 Å². The lowest BCUT2D eigenvalue weighted by Gasteiger charge is -2.25. The maximum atomic E-state index is 6.12. The monoisotopic (exact) mass is 567 g/mol. The maximum Gasteiger partial charge on any atom is 0.135 e. The van der Waals surface area contributed by atoms with Gasteiger partial charge in [-0.05, 0) is 76.5 Å². The van der Waals surface area contributed by atoms with Crippen molar-refractivity contribution in [2.24, 2.45) is 0 Å². The van der Waals surface area contributed by atoms with Gasteiger partial charge in [0, 0.05) is 48.0 Å². The number of benzene rings is 7. The summed E-state index contributed by atoms with van der Waals surface area (Å²) in [7, 11) is 0. The second-order valence-corrected chi connectivity index (χ2v) is 12.0. The van der Waals surface area contributed by atoms with Crippen LogP contribution in [0.15, 0.2) is 156 Å². The van der Waals surface area contributed by atoms with Crippen LogP contribution in [0.1, 0.15) is 0 Å². The van der Waals surface area contributed by atoms with E-state index in [0.717, 1.165) is 39.0 Å². The number of hydrogen-bond donors (Lipinski definition) is 0. The first-order chi connectivity index (χ1) is 21.3. The fraction of sp³-hybridized carbons (Fsp3) is 0. The molecule has 0 saturated carbocycles. The molecule has 9 aromatic rings. The quantitative estimate of drug-likeness (QED) is 0.210. The van der Waals surface area contributed by atoms with Crippen LogP contribution < -0.4 is 4.90 Å². The Morgan fingerprint density at radius 1 is 0.419 bits per heavy atom. The molecule has 2 aromatic heterocycles. The Hall–Kier alpha value is -5.38. The molecular formula is C40H25NOS. The van der Waals surface area contributed by atoms with E-state index in [1.807, 2.05) is 23.5 Å². The molecule has 0 radical (unpaired) electrons. The van der Waals surface area contributed by atoms with Crippen LogP contribution in [0.4, 0.5) is 17.1 Å². The predicted octanol–water partition coefficient (Wildman–Crippen LogP) is 12.2. The molecule has 43 heavy (non-hydrogen) atoms. The van der Waals surface area contributed by atoms with Gasteiger partial charge in [-0.3, -0.25) is 0 Å². The summed E-state index contributed by atoms with van der Waals surface area (Å²) < 4.78 is 8.80. The zero-order valence-corrected chi connectivity index (χ0v) is 24.0. The van der Waals surface area contributed by atoms with Crippen LogP contribution in [0.3, 0.4) is 0 Å². The highest BCUT2D eigenvalue weighted by Crippen LogP contribution is 2.42. The van der Waals surface area contributed by atoms with E-state index in [9.17, 15) is 0 Å². The summed E-state index contributed by atoms with van der Waals surface area (Å²) in [5, 5.41) is 7.53. The first kappa shape index (κ1) is 24.2. The first-order valence-electron chi connectivity index (χ1n) is 14.5. The summed E-state index contributed by atoms with van der Waals surface area (Å²) in [5.74, 6) is 0. The molecule has 0 amide bonds. The molecule has 0 atom stereocenters. The average Bonchev–Trinajstić information content (AvgIpc) is 3.64. The van der Waals surface area contributed by atoms with Crippen LogP contribution in [0.2, 0.25) is 0 Å². The molecule has 0 aliphatic carbocycles. The predicted molar refractivity (Wildman–Crippen MR) is 184 cm³/mol. The van der Waals surface area contributed by atoms with Crippen molar-refractivity contribution in [3.8, 4) is 11.1 Å². The van der Waals surface area contributed by atoms with Gasteiger partial charge in [0.2, 0.25) is 0 Å². The smallest absolute Gasteiger partial charge is 0.135 e. The minimum absolute atomic E-state index is 0.901. The summed E-state index contributed by atoms with van der Waals surface area (Å²) in [4.78, 5) is 2.31. The molecule has 0 saturated heterocycles. The second kappa shape index (κ2) is 9.59. The van der Waals surface area contributed by atoms with Crippen molar-refractivity contribution in [1.82, 2.24) is 0 Å². The van der Waals surface area contributed by atoms with Gasteiger partial charge in [-0.15, -0.1) is 11.3 Å². The normalized spacial score (nSPS) is 11.7. The van der Waals surface area contributed by atoms with Crippen LogP contribution >= 0.6 is 11.3 Å². The number of thiophene rings is 1. The topological polar surface area (TPSA) is 16.4 Å². The number of hydrogen-bond acceptors (Lipinski definition) is 3. The van der Waals surface area contributed by atoms with Gasteiger partial charge in [-0.1, -0.05) is 97.1 Å². The van der Waals surface area contributed by atoms with Gasteiger partial charge in [-0.25, -0.2) is 0 Å². The van der Waals surface area contributed by atoms with Crippen molar-refractivity contribution in [2.45, 2.75) is 0 Å². The average molecular weight is 568 g/mol. The summed E-state index contributed by atoms with van der Waals surface area (Å²) in [5.41, 5.74) is 7.56. The van der Waals surface area contributed by atoms with Crippen molar-refractivity contribution in [1.29, 1.82) is 0 Å². The van der Waals surface area contributed by atoms with Gasteiger partial charge in [0.05, 0.1) is 0 Å². The van der Waals surface area contributed by atoms with Crippen LogP contribution in [-0.2, 0) is 0 Å². The third-order valence-electron chi connectivity index (χ3n) is 8.46. The van der Waals surface area contributed by atoms with Gasteiger partial charge < -0.3 is 9.32 Å². The fourth-order valence-electron chi connectivity index (χ4n) is 6.36. The molecule has 2 heterocycles. The van der Waals surface area contributed by atoms with E-state index in [1.54, 1.807) is 0 Å². The highest BCUT2D eigenvalue weighted by atomic mass is 32.1. The second-order valence-electron chi connectivity index (χ2n) is 11.0. The summed E-state index contributed by atoms with van der Waals surface area (Å²) in [6.07, 6.45) is 0.